The fourth-order valence-corrected chi connectivity index (χ4v) is 3.26. The Morgan fingerprint density at radius 3 is 2.72 bits per heavy atom. The van der Waals surface area contributed by atoms with Crippen molar-refractivity contribution in [1.82, 2.24) is 9.47 Å². The van der Waals surface area contributed by atoms with Crippen LogP contribution in [0.3, 0.4) is 0 Å². The lowest BCUT2D eigenvalue weighted by molar-refractivity contribution is 0.0102. The zero-order valence-electron chi connectivity index (χ0n) is 13.6. The minimum atomic E-state index is -3.25. The zero-order chi connectivity index (χ0) is 18.1. The Balaban J connectivity index is 1.99. The number of halogens is 4. The Morgan fingerprint density at radius 1 is 1.32 bits per heavy atom. The van der Waals surface area contributed by atoms with Gasteiger partial charge in [-0.2, -0.15) is 5.26 Å². The third-order valence-corrected chi connectivity index (χ3v) is 4.54. The van der Waals surface area contributed by atoms with Gasteiger partial charge in [-0.25, -0.2) is 17.6 Å². The molecule has 4 nitrogen and oxygen atoms in total. The highest BCUT2D eigenvalue weighted by Gasteiger charge is 2.29. The number of hydrogen-bond acceptors (Lipinski definition) is 3. The number of fused-ring (bicyclic) bond motifs is 1. The van der Waals surface area contributed by atoms with Crippen molar-refractivity contribution in [2.24, 2.45) is 0 Å². The molecule has 0 bridgehead atoms. The summed E-state index contributed by atoms with van der Waals surface area (Å²) < 4.78 is 54.5. The minimum Gasteiger partial charge on any atom is -0.379 e. The summed E-state index contributed by atoms with van der Waals surface area (Å²) in [4.78, 5) is 1.89. The first-order chi connectivity index (χ1) is 11.9. The van der Waals surface area contributed by atoms with Gasteiger partial charge < -0.3 is 10.2 Å². The quantitative estimate of drug-likeness (QED) is 0.852. The van der Waals surface area contributed by atoms with E-state index in [-0.39, 0.29) is 11.2 Å². The third-order valence-electron chi connectivity index (χ3n) is 4.54. The summed E-state index contributed by atoms with van der Waals surface area (Å²) >= 11 is 0. The summed E-state index contributed by atoms with van der Waals surface area (Å²) in [5, 5.41) is 12.7. The lowest BCUT2D eigenvalue weighted by atomic mass is 10.0. The Labute approximate surface area is 142 Å². The van der Waals surface area contributed by atoms with Crippen LogP contribution in [-0.2, 0) is 0 Å². The molecule has 3 unspecified atom stereocenters. The molecule has 2 aromatic rings. The molecule has 0 saturated carbocycles. The van der Waals surface area contributed by atoms with E-state index in [2.05, 4.69) is 5.32 Å². The van der Waals surface area contributed by atoms with Crippen LogP contribution in [0.25, 0.3) is 10.9 Å². The summed E-state index contributed by atoms with van der Waals surface area (Å²) in [6, 6.07) is 7.40. The molecule has 25 heavy (non-hydrogen) atoms. The van der Waals surface area contributed by atoms with Crippen LogP contribution in [0.2, 0.25) is 0 Å². The van der Waals surface area contributed by atoms with Crippen LogP contribution in [0.15, 0.2) is 24.3 Å². The molecule has 1 N–H and O–H groups in total. The molecule has 0 radical (unpaired) electrons. The normalized spacial score (nSPS) is 22.9. The van der Waals surface area contributed by atoms with E-state index in [0.717, 1.165) is 6.54 Å². The maximum Gasteiger partial charge on any atom is 0.288 e. The van der Waals surface area contributed by atoms with Crippen molar-refractivity contribution in [3.05, 3.63) is 30.0 Å². The highest BCUT2D eigenvalue weighted by Crippen LogP contribution is 2.33. The highest BCUT2D eigenvalue weighted by molar-refractivity contribution is 5.94. The topological polar surface area (TPSA) is 44.0 Å². The number of rotatable bonds is 4. The monoisotopic (exact) mass is 354 g/mol. The van der Waals surface area contributed by atoms with Crippen LogP contribution in [-0.4, -0.2) is 48.2 Å². The summed E-state index contributed by atoms with van der Waals surface area (Å²) in [6.45, 7) is 1.03. The Hall–Kier alpha value is -2.27. The molecule has 0 amide bonds. The van der Waals surface area contributed by atoms with Crippen LogP contribution in [0, 0.1) is 11.3 Å². The second-order valence-electron chi connectivity index (χ2n) is 6.27. The van der Waals surface area contributed by atoms with Crippen molar-refractivity contribution in [1.29, 1.82) is 5.26 Å². The fourth-order valence-electron chi connectivity index (χ4n) is 3.26. The number of hydrogen-bond donors (Lipinski definition) is 1. The van der Waals surface area contributed by atoms with Crippen LogP contribution in [0.4, 0.5) is 23.2 Å². The number of nitriles is 1. The van der Waals surface area contributed by atoms with Gasteiger partial charge in [0.05, 0.1) is 11.6 Å². The lowest BCUT2D eigenvalue weighted by Gasteiger charge is -2.33. The number of aromatic nitrogens is 1. The molecule has 0 aliphatic carbocycles. The number of likely N-dealkylation sites (tertiary alicyclic amines) is 1. The molecule has 134 valence electrons. The molecule has 1 aliphatic heterocycles. The number of piperidine rings is 1. The molecule has 1 fully saturated rings. The SMILES string of the molecule is CN1CCC(Nc2cccc3c2cc(C#N)n3C(F)C(F)F)C(F)C1. The second-order valence-corrected chi connectivity index (χ2v) is 6.27. The van der Waals surface area contributed by atoms with E-state index in [4.69, 9.17) is 5.26 Å². The minimum absolute atomic E-state index is 0.178. The molecule has 3 rings (SSSR count). The van der Waals surface area contributed by atoms with Gasteiger partial charge in [0.25, 0.3) is 6.43 Å². The Kier molecular flexibility index (Phi) is 4.86. The summed E-state index contributed by atoms with van der Waals surface area (Å²) in [7, 11) is 1.84. The first-order valence-electron chi connectivity index (χ1n) is 7.97. The summed E-state index contributed by atoms with van der Waals surface area (Å²) in [6.07, 6.45) is -6.35. The number of benzene rings is 1. The van der Waals surface area contributed by atoms with E-state index in [9.17, 15) is 17.6 Å². The summed E-state index contributed by atoms with van der Waals surface area (Å²) in [5.41, 5.74) is 0.487. The smallest absolute Gasteiger partial charge is 0.288 e. The first kappa shape index (κ1) is 17.5. The molecule has 3 atom stereocenters. The van der Waals surface area contributed by atoms with E-state index < -0.39 is 24.9 Å². The maximum atomic E-state index is 14.2. The van der Waals surface area contributed by atoms with Gasteiger partial charge in [-0.1, -0.05) is 6.07 Å². The van der Waals surface area contributed by atoms with E-state index in [0.29, 0.717) is 28.6 Å². The van der Waals surface area contributed by atoms with Crippen molar-refractivity contribution in [3.63, 3.8) is 0 Å². The summed E-state index contributed by atoms with van der Waals surface area (Å²) in [5.74, 6) is 0. The largest absolute Gasteiger partial charge is 0.379 e. The molecule has 1 aromatic heterocycles. The lowest BCUT2D eigenvalue weighted by Crippen LogP contribution is -2.46. The average Bonchev–Trinajstić information content (AvgIpc) is 2.96. The van der Waals surface area contributed by atoms with Gasteiger partial charge in [0.2, 0.25) is 6.30 Å². The van der Waals surface area contributed by atoms with Crippen molar-refractivity contribution in [3.8, 4) is 6.07 Å². The number of alkyl halides is 4. The van der Waals surface area contributed by atoms with E-state index >= 15 is 0 Å². The van der Waals surface area contributed by atoms with Crippen LogP contribution in [0.1, 0.15) is 18.4 Å². The predicted octanol–water partition coefficient (Wildman–Crippen LogP) is 3.70. The number of anilines is 1. The second kappa shape index (κ2) is 6.92. The van der Waals surface area contributed by atoms with Crippen LogP contribution >= 0.6 is 0 Å². The van der Waals surface area contributed by atoms with E-state index in [1.807, 2.05) is 11.9 Å². The molecule has 2 heterocycles. The molecule has 1 saturated heterocycles. The van der Waals surface area contributed by atoms with Crippen molar-refractivity contribution < 1.29 is 17.6 Å². The molecular formula is C17H18F4N4. The van der Waals surface area contributed by atoms with Crippen molar-refractivity contribution in [2.75, 3.05) is 25.5 Å². The molecule has 1 aliphatic rings. The van der Waals surface area contributed by atoms with Crippen molar-refractivity contribution in [2.45, 2.75) is 31.4 Å². The van der Waals surface area contributed by atoms with Gasteiger partial charge in [-0.05, 0) is 31.7 Å². The maximum absolute atomic E-state index is 14.2. The van der Waals surface area contributed by atoms with Gasteiger partial charge in [0, 0.05) is 24.2 Å². The number of nitrogens with zero attached hydrogens (tertiary/aromatic N) is 3. The first-order valence-corrected chi connectivity index (χ1v) is 7.97. The standard InChI is InChI=1S/C17H18F4N4/c1-24-6-5-14(12(18)9-24)23-13-3-2-4-15-11(13)7-10(8-22)25(15)17(21)16(19)20/h2-4,7,12,14,16-17,23H,5-6,9H2,1H3. The third kappa shape index (κ3) is 3.29. The van der Waals surface area contributed by atoms with Crippen LogP contribution in [0.5, 0.6) is 0 Å². The van der Waals surface area contributed by atoms with Crippen LogP contribution < -0.4 is 5.32 Å². The predicted molar refractivity (Wildman–Crippen MR) is 87.2 cm³/mol. The van der Waals surface area contributed by atoms with E-state index in [1.165, 1.54) is 12.1 Å². The zero-order valence-corrected chi connectivity index (χ0v) is 13.6. The van der Waals surface area contributed by atoms with Gasteiger partial charge in [0.15, 0.2) is 0 Å². The van der Waals surface area contributed by atoms with Gasteiger partial charge in [-0.3, -0.25) is 4.57 Å². The molecule has 0 spiro atoms. The Bertz CT molecular complexity index is 798. The van der Waals surface area contributed by atoms with Crippen molar-refractivity contribution >= 4 is 16.6 Å². The number of nitrogens with one attached hydrogen (secondary N) is 1. The average molecular weight is 354 g/mol. The fraction of sp³-hybridized carbons (Fsp3) is 0.471. The van der Waals surface area contributed by atoms with Gasteiger partial charge >= 0.3 is 0 Å². The highest BCUT2D eigenvalue weighted by atomic mass is 19.3. The van der Waals surface area contributed by atoms with Gasteiger partial charge in [0.1, 0.15) is 17.9 Å². The molecule has 8 heteroatoms. The Morgan fingerprint density at radius 2 is 2.08 bits per heavy atom. The van der Waals surface area contributed by atoms with Gasteiger partial charge in [-0.15, -0.1) is 0 Å². The molecular weight excluding hydrogens is 336 g/mol. The molecule has 1 aromatic carbocycles. The van der Waals surface area contributed by atoms with E-state index in [1.54, 1.807) is 18.2 Å².